The molecule has 1 aromatic heterocycles. The fourth-order valence-corrected chi connectivity index (χ4v) is 3.72. The van der Waals surface area contributed by atoms with Crippen LogP contribution >= 0.6 is 0 Å². The van der Waals surface area contributed by atoms with E-state index in [0.717, 1.165) is 11.4 Å². The van der Waals surface area contributed by atoms with Crippen LogP contribution in [0.3, 0.4) is 0 Å². The minimum absolute atomic E-state index is 0.000465. The number of anilines is 1. The number of aryl methyl sites for hydroxylation is 1. The van der Waals surface area contributed by atoms with Crippen molar-refractivity contribution < 1.29 is 13.9 Å². The van der Waals surface area contributed by atoms with E-state index < -0.39 is 0 Å². The summed E-state index contributed by atoms with van der Waals surface area (Å²) in [5.41, 5.74) is 1.69. The standard InChI is InChI=1S/C25H25FN4O2/c1-18-14-21(26)9-10-22(18)32-24-15-23(27-17-28-24)29-12-13-30(19(2)16-29)25(31)11-8-20-6-4-3-5-7-20/h3-11,14-15,17,19H,12-13,16H2,1-2H3/b11-8+/t19-/m1/s1. The highest BCUT2D eigenvalue weighted by atomic mass is 19.1. The molecule has 0 aliphatic carbocycles. The van der Waals surface area contributed by atoms with Gasteiger partial charge in [-0.2, -0.15) is 0 Å². The predicted molar refractivity (Wildman–Crippen MR) is 122 cm³/mol. The summed E-state index contributed by atoms with van der Waals surface area (Å²) >= 11 is 0. The second-order valence-electron chi connectivity index (χ2n) is 7.80. The SMILES string of the molecule is Cc1cc(F)ccc1Oc1cc(N2CCN(C(=O)/C=C/c3ccccc3)[C@H](C)C2)ncn1. The largest absolute Gasteiger partial charge is 0.439 e. The molecule has 0 spiro atoms. The molecule has 2 aromatic carbocycles. The van der Waals surface area contributed by atoms with Crippen LogP contribution in [0.25, 0.3) is 6.08 Å². The Labute approximate surface area is 187 Å². The minimum atomic E-state index is -0.307. The Morgan fingerprint density at radius 2 is 1.94 bits per heavy atom. The van der Waals surface area contributed by atoms with E-state index >= 15 is 0 Å². The number of benzene rings is 2. The molecule has 7 heteroatoms. The number of hydrogen-bond acceptors (Lipinski definition) is 5. The topological polar surface area (TPSA) is 58.6 Å². The maximum Gasteiger partial charge on any atom is 0.246 e. The maximum absolute atomic E-state index is 13.3. The highest BCUT2D eigenvalue weighted by Crippen LogP contribution is 2.26. The number of aromatic nitrogens is 2. The van der Waals surface area contributed by atoms with Crippen LogP contribution in [-0.4, -0.2) is 46.5 Å². The lowest BCUT2D eigenvalue weighted by Gasteiger charge is -2.40. The van der Waals surface area contributed by atoms with Crippen LogP contribution in [0.15, 0.2) is 67.0 Å². The molecule has 0 saturated carbocycles. The molecule has 0 N–H and O–H groups in total. The van der Waals surface area contributed by atoms with Gasteiger partial charge < -0.3 is 14.5 Å². The van der Waals surface area contributed by atoms with E-state index in [9.17, 15) is 9.18 Å². The van der Waals surface area contributed by atoms with Gasteiger partial charge in [0.15, 0.2) is 0 Å². The van der Waals surface area contributed by atoms with Crippen LogP contribution in [0.2, 0.25) is 0 Å². The first-order chi connectivity index (χ1) is 15.5. The Morgan fingerprint density at radius 1 is 1.12 bits per heavy atom. The van der Waals surface area contributed by atoms with Crippen molar-refractivity contribution in [3.05, 3.63) is 83.9 Å². The molecule has 164 valence electrons. The number of hydrogen-bond donors (Lipinski definition) is 0. The summed E-state index contributed by atoms with van der Waals surface area (Å²) in [6.07, 6.45) is 4.92. The molecular formula is C25H25FN4O2. The van der Waals surface area contributed by atoms with E-state index in [1.54, 1.807) is 25.1 Å². The molecule has 4 rings (SSSR count). The number of ether oxygens (including phenoxy) is 1. The second kappa shape index (κ2) is 9.60. The highest BCUT2D eigenvalue weighted by molar-refractivity contribution is 5.92. The van der Waals surface area contributed by atoms with Gasteiger partial charge in [-0.05, 0) is 49.2 Å². The van der Waals surface area contributed by atoms with E-state index in [1.807, 2.05) is 48.2 Å². The number of carbonyl (C=O) groups is 1. The van der Waals surface area contributed by atoms with Gasteiger partial charge in [-0.15, -0.1) is 0 Å². The number of halogens is 1. The quantitative estimate of drug-likeness (QED) is 0.557. The molecule has 32 heavy (non-hydrogen) atoms. The zero-order valence-corrected chi connectivity index (χ0v) is 18.1. The normalized spacial score (nSPS) is 16.4. The molecule has 1 saturated heterocycles. The molecule has 2 heterocycles. The van der Waals surface area contributed by atoms with Gasteiger partial charge >= 0.3 is 0 Å². The summed E-state index contributed by atoms with van der Waals surface area (Å²) in [5.74, 6) is 1.36. The molecule has 1 aliphatic rings. The van der Waals surface area contributed by atoms with Crippen LogP contribution in [0.4, 0.5) is 10.2 Å². The van der Waals surface area contributed by atoms with E-state index in [0.29, 0.717) is 36.8 Å². The molecule has 0 unspecified atom stereocenters. The molecule has 1 aliphatic heterocycles. The summed E-state index contributed by atoms with van der Waals surface area (Å²) in [5, 5.41) is 0. The smallest absolute Gasteiger partial charge is 0.246 e. The molecule has 6 nitrogen and oxygen atoms in total. The van der Waals surface area contributed by atoms with Gasteiger partial charge in [0, 0.05) is 37.8 Å². The van der Waals surface area contributed by atoms with Gasteiger partial charge in [-0.3, -0.25) is 4.79 Å². The Morgan fingerprint density at radius 3 is 2.69 bits per heavy atom. The van der Waals surface area contributed by atoms with Gasteiger partial charge in [0.25, 0.3) is 0 Å². The molecule has 3 aromatic rings. The monoisotopic (exact) mass is 432 g/mol. The van der Waals surface area contributed by atoms with Crippen molar-refractivity contribution in [1.82, 2.24) is 14.9 Å². The summed E-state index contributed by atoms with van der Waals surface area (Å²) in [4.78, 5) is 25.2. The fourth-order valence-electron chi connectivity index (χ4n) is 3.72. The van der Waals surface area contributed by atoms with Gasteiger partial charge in [-0.25, -0.2) is 14.4 Å². The Hall–Kier alpha value is -3.74. The van der Waals surface area contributed by atoms with Crippen molar-refractivity contribution in [3.63, 3.8) is 0 Å². The van der Waals surface area contributed by atoms with Crippen LogP contribution in [-0.2, 0) is 4.79 Å². The van der Waals surface area contributed by atoms with Crippen molar-refractivity contribution in [1.29, 1.82) is 0 Å². The minimum Gasteiger partial charge on any atom is -0.439 e. The van der Waals surface area contributed by atoms with Crippen LogP contribution in [0, 0.1) is 12.7 Å². The summed E-state index contributed by atoms with van der Waals surface area (Å²) in [6, 6.07) is 15.9. The third-order valence-electron chi connectivity index (χ3n) is 5.43. The van der Waals surface area contributed by atoms with E-state index in [2.05, 4.69) is 14.9 Å². The fraction of sp³-hybridized carbons (Fsp3) is 0.240. The summed E-state index contributed by atoms with van der Waals surface area (Å²) in [6.45, 7) is 5.71. The average molecular weight is 432 g/mol. The average Bonchev–Trinajstić information content (AvgIpc) is 2.80. The van der Waals surface area contributed by atoms with E-state index in [4.69, 9.17) is 4.74 Å². The number of nitrogens with zero attached hydrogens (tertiary/aromatic N) is 4. The summed E-state index contributed by atoms with van der Waals surface area (Å²) in [7, 11) is 0. The van der Waals surface area contributed by atoms with Crippen molar-refractivity contribution >= 4 is 17.8 Å². The van der Waals surface area contributed by atoms with E-state index in [1.165, 1.54) is 18.5 Å². The first kappa shape index (κ1) is 21.5. The third kappa shape index (κ3) is 5.11. The molecule has 1 atom stereocenters. The Balaban J connectivity index is 1.40. The summed E-state index contributed by atoms with van der Waals surface area (Å²) < 4.78 is 19.2. The number of carbonyl (C=O) groups excluding carboxylic acids is 1. The molecule has 0 radical (unpaired) electrons. The Kier molecular flexibility index (Phi) is 6.44. The van der Waals surface area contributed by atoms with Crippen molar-refractivity contribution in [3.8, 4) is 11.6 Å². The second-order valence-corrected chi connectivity index (χ2v) is 7.80. The Bertz CT molecular complexity index is 1120. The number of rotatable bonds is 5. The molecule has 1 amide bonds. The van der Waals surface area contributed by atoms with Crippen molar-refractivity contribution in [2.24, 2.45) is 0 Å². The lowest BCUT2D eigenvalue weighted by atomic mass is 10.1. The lowest BCUT2D eigenvalue weighted by molar-refractivity contribution is -0.128. The van der Waals surface area contributed by atoms with Gasteiger partial charge in [-0.1, -0.05) is 30.3 Å². The predicted octanol–water partition coefficient (Wildman–Crippen LogP) is 4.47. The van der Waals surface area contributed by atoms with Crippen LogP contribution < -0.4 is 9.64 Å². The van der Waals surface area contributed by atoms with E-state index in [-0.39, 0.29) is 17.8 Å². The molecule has 1 fully saturated rings. The zero-order chi connectivity index (χ0) is 22.5. The zero-order valence-electron chi connectivity index (χ0n) is 18.1. The van der Waals surface area contributed by atoms with Gasteiger partial charge in [0.1, 0.15) is 23.7 Å². The maximum atomic E-state index is 13.3. The molecule has 0 bridgehead atoms. The van der Waals surface area contributed by atoms with Crippen LogP contribution in [0.5, 0.6) is 11.6 Å². The van der Waals surface area contributed by atoms with Gasteiger partial charge in [0.05, 0.1) is 0 Å². The first-order valence-electron chi connectivity index (χ1n) is 10.5. The highest BCUT2D eigenvalue weighted by Gasteiger charge is 2.27. The number of piperazine rings is 1. The van der Waals surface area contributed by atoms with Gasteiger partial charge in [0.2, 0.25) is 11.8 Å². The third-order valence-corrected chi connectivity index (χ3v) is 5.43. The number of amides is 1. The van der Waals surface area contributed by atoms with Crippen molar-refractivity contribution in [2.45, 2.75) is 19.9 Å². The lowest BCUT2D eigenvalue weighted by Crippen LogP contribution is -2.54. The van der Waals surface area contributed by atoms with Crippen LogP contribution in [0.1, 0.15) is 18.1 Å². The van der Waals surface area contributed by atoms with Crippen molar-refractivity contribution in [2.75, 3.05) is 24.5 Å². The first-order valence-corrected chi connectivity index (χ1v) is 10.5. The molecular weight excluding hydrogens is 407 g/mol.